The monoisotopic (exact) mass is 248 g/mol. The highest BCUT2D eigenvalue weighted by Crippen LogP contribution is 2.22. The van der Waals surface area contributed by atoms with Crippen LogP contribution in [0.1, 0.15) is 37.7 Å². The van der Waals surface area contributed by atoms with Gasteiger partial charge in [0.1, 0.15) is 0 Å². The number of piperidine rings is 1. The van der Waals surface area contributed by atoms with Crippen molar-refractivity contribution in [1.29, 1.82) is 0 Å². The molecule has 2 rings (SSSR count). The lowest BCUT2D eigenvalue weighted by Crippen LogP contribution is -2.39. The summed E-state index contributed by atoms with van der Waals surface area (Å²) in [5.74, 6) is 0. The fourth-order valence-corrected chi connectivity index (χ4v) is 2.78. The molecule has 3 nitrogen and oxygen atoms in total. The van der Waals surface area contributed by atoms with E-state index >= 15 is 0 Å². The first-order valence-electron chi connectivity index (χ1n) is 7.02. The first kappa shape index (κ1) is 13.5. The fraction of sp³-hybridized carbons (Fsp3) is 0.667. The van der Waals surface area contributed by atoms with Gasteiger partial charge >= 0.3 is 0 Å². The van der Waals surface area contributed by atoms with Crippen molar-refractivity contribution >= 4 is 0 Å². The topological polar surface area (TPSA) is 25.4 Å². The molecule has 1 aliphatic rings. The molecule has 1 aliphatic heterocycles. The summed E-state index contributed by atoms with van der Waals surface area (Å²) in [5, 5.41) is 0. The van der Waals surface area contributed by atoms with Crippen LogP contribution >= 0.6 is 0 Å². The van der Waals surface area contributed by atoms with E-state index in [4.69, 9.17) is 4.74 Å². The maximum absolute atomic E-state index is 5.16. The molecule has 1 fully saturated rings. The Hall–Kier alpha value is -0.930. The zero-order chi connectivity index (χ0) is 12.6. The molecule has 0 aliphatic carbocycles. The summed E-state index contributed by atoms with van der Waals surface area (Å²) in [6.45, 7) is 3.16. The second-order valence-electron chi connectivity index (χ2n) is 5.12. The van der Waals surface area contributed by atoms with Crippen LogP contribution in [0.25, 0.3) is 0 Å². The van der Waals surface area contributed by atoms with Crippen molar-refractivity contribution in [2.24, 2.45) is 0 Å². The zero-order valence-electron chi connectivity index (χ0n) is 11.3. The number of methoxy groups -OCH3 is 1. The van der Waals surface area contributed by atoms with Crippen LogP contribution in [0.3, 0.4) is 0 Å². The average Bonchev–Trinajstić information content (AvgIpc) is 2.42. The third kappa shape index (κ3) is 4.07. The van der Waals surface area contributed by atoms with Gasteiger partial charge in [0.05, 0.1) is 0 Å². The third-order valence-corrected chi connectivity index (χ3v) is 3.74. The number of hydrogen-bond donors (Lipinski definition) is 0. The Bertz CT molecular complexity index is 329. The van der Waals surface area contributed by atoms with Gasteiger partial charge in [-0.25, -0.2) is 0 Å². The maximum Gasteiger partial charge on any atom is 0.0462 e. The smallest absolute Gasteiger partial charge is 0.0462 e. The van der Waals surface area contributed by atoms with Crippen LogP contribution in [0, 0.1) is 0 Å². The minimum absolute atomic E-state index is 0.731. The Morgan fingerprint density at radius 2 is 2.39 bits per heavy atom. The van der Waals surface area contributed by atoms with Crippen molar-refractivity contribution in [2.45, 2.75) is 44.7 Å². The van der Waals surface area contributed by atoms with Crippen LogP contribution < -0.4 is 0 Å². The van der Waals surface area contributed by atoms with Crippen molar-refractivity contribution in [3.63, 3.8) is 0 Å². The Morgan fingerprint density at radius 3 is 3.17 bits per heavy atom. The van der Waals surface area contributed by atoms with Gasteiger partial charge in [-0.05, 0) is 43.9 Å². The van der Waals surface area contributed by atoms with E-state index in [1.807, 2.05) is 18.5 Å². The van der Waals surface area contributed by atoms with Crippen LogP contribution in [0.5, 0.6) is 0 Å². The Labute approximate surface area is 110 Å². The van der Waals surface area contributed by atoms with E-state index in [0.29, 0.717) is 0 Å². The quantitative estimate of drug-likeness (QED) is 0.724. The van der Waals surface area contributed by atoms with E-state index < -0.39 is 0 Å². The van der Waals surface area contributed by atoms with Gasteiger partial charge in [-0.1, -0.05) is 12.5 Å². The second-order valence-corrected chi connectivity index (χ2v) is 5.12. The van der Waals surface area contributed by atoms with E-state index in [0.717, 1.165) is 19.2 Å². The number of hydrogen-bond acceptors (Lipinski definition) is 3. The molecular weight excluding hydrogens is 224 g/mol. The predicted octanol–water partition coefficient (Wildman–Crippen LogP) is 2.86. The molecule has 0 amide bonds. The molecule has 0 radical (unpaired) electrons. The van der Waals surface area contributed by atoms with Crippen molar-refractivity contribution in [3.8, 4) is 0 Å². The predicted molar refractivity (Wildman–Crippen MR) is 73.4 cm³/mol. The first-order chi connectivity index (χ1) is 8.90. The number of aromatic nitrogens is 1. The average molecular weight is 248 g/mol. The van der Waals surface area contributed by atoms with E-state index in [1.54, 1.807) is 7.11 Å². The molecule has 1 aromatic rings. The van der Waals surface area contributed by atoms with Gasteiger partial charge in [-0.15, -0.1) is 0 Å². The number of rotatable bonds is 6. The van der Waals surface area contributed by atoms with Crippen LogP contribution in [0.15, 0.2) is 24.5 Å². The Balaban J connectivity index is 1.87. The van der Waals surface area contributed by atoms with Crippen LogP contribution in [0.2, 0.25) is 0 Å². The third-order valence-electron chi connectivity index (χ3n) is 3.74. The Kier molecular flexibility index (Phi) is 5.62. The summed E-state index contributed by atoms with van der Waals surface area (Å²) < 4.78 is 5.16. The standard InChI is InChI=1S/C15H24N2O/c1-18-11-5-8-15-7-2-3-10-17(15)13-14-6-4-9-16-12-14/h4,6,9,12,15H,2-3,5,7-8,10-11,13H2,1H3. The lowest BCUT2D eigenvalue weighted by Gasteiger charge is -2.35. The molecule has 1 unspecified atom stereocenters. The van der Waals surface area contributed by atoms with Gasteiger partial charge in [0.2, 0.25) is 0 Å². The highest BCUT2D eigenvalue weighted by atomic mass is 16.5. The highest BCUT2D eigenvalue weighted by molar-refractivity contribution is 5.08. The van der Waals surface area contributed by atoms with Crippen molar-refractivity contribution in [1.82, 2.24) is 9.88 Å². The van der Waals surface area contributed by atoms with Crippen molar-refractivity contribution < 1.29 is 4.74 Å². The van der Waals surface area contributed by atoms with E-state index in [-0.39, 0.29) is 0 Å². The molecule has 100 valence electrons. The fourth-order valence-electron chi connectivity index (χ4n) is 2.78. The van der Waals surface area contributed by atoms with Crippen LogP contribution in [-0.2, 0) is 11.3 Å². The highest BCUT2D eigenvalue weighted by Gasteiger charge is 2.21. The van der Waals surface area contributed by atoms with Crippen molar-refractivity contribution in [2.75, 3.05) is 20.3 Å². The molecule has 1 atom stereocenters. The minimum atomic E-state index is 0.731. The lowest BCUT2D eigenvalue weighted by molar-refractivity contribution is 0.116. The van der Waals surface area contributed by atoms with Crippen molar-refractivity contribution in [3.05, 3.63) is 30.1 Å². The molecule has 18 heavy (non-hydrogen) atoms. The molecule has 0 bridgehead atoms. The zero-order valence-corrected chi connectivity index (χ0v) is 11.3. The molecule has 1 aromatic heterocycles. The van der Waals surface area contributed by atoms with E-state index in [2.05, 4.69) is 16.0 Å². The molecule has 0 N–H and O–H groups in total. The van der Waals surface area contributed by atoms with Gasteiger partial charge in [-0.3, -0.25) is 9.88 Å². The molecule has 0 aromatic carbocycles. The van der Waals surface area contributed by atoms with Gasteiger partial charge in [0, 0.05) is 38.7 Å². The van der Waals surface area contributed by atoms with Gasteiger partial charge in [-0.2, -0.15) is 0 Å². The summed E-state index contributed by atoms with van der Waals surface area (Å²) in [5.41, 5.74) is 1.33. The second kappa shape index (κ2) is 7.49. The summed E-state index contributed by atoms with van der Waals surface area (Å²) in [4.78, 5) is 6.83. The summed E-state index contributed by atoms with van der Waals surface area (Å²) in [6.07, 6.45) is 10.3. The number of nitrogens with zero attached hydrogens (tertiary/aromatic N) is 2. The summed E-state index contributed by atoms with van der Waals surface area (Å²) in [7, 11) is 1.79. The summed E-state index contributed by atoms with van der Waals surface area (Å²) >= 11 is 0. The SMILES string of the molecule is COCCCC1CCCCN1Cc1cccnc1. The van der Waals surface area contributed by atoms with Gasteiger partial charge < -0.3 is 4.74 Å². The number of pyridine rings is 1. The lowest BCUT2D eigenvalue weighted by atomic mass is 9.97. The normalized spacial score (nSPS) is 21.1. The first-order valence-corrected chi connectivity index (χ1v) is 7.02. The van der Waals surface area contributed by atoms with Crippen LogP contribution in [0.4, 0.5) is 0 Å². The maximum atomic E-state index is 5.16. The minimum Gasteiger partial charge on any atom is -0.385 e. The van der Waals surface area contributed by atoms with E-state index in [9.17, 15) is 0 Å². The molecule has 1 saturated heterocycles. The molecular formula is C15H24N2O. The van der Waals surface area contributed by atoms with Gasteiger partial charge in [0.15, 0.2) is 0 Å². The number of ether oxygens (including phenoxy) is 1. The molecule has 2 heterocycles. The summed E-state index contributed by atoms with van der Waals surface area (Å²) in [6, 6.07) is 4.93. The molecule has 0 spiro atoms. The molecule has 3 heteroatoms. The van der Waals surface area contributed by atoms with Crippen LogP contribution in [-0.4, -0.2) is 36.2 Å². The Morgan fingerprint density at radius 1 is 1.44 bits per heavy atom. The van der Waals surface area contributed by atoms with E-state index in [1.165, 1.54) is 44.2 Å². The van der Waals surface area contributed by atoms with Gasteiger partial charge in [0.25, 0.3) is 0 Å². The largest absolute Gasteiger partial charge is 0.385 e. The molecule has 0 saturated carbocycles. The number of likely N-dealkylation sites (tertiary alicyclic amines) is 1.